The fourth-order valence-electron chi connectivity index (χ4n) is 3.88. The number of fused-ring (bicyclic) bond motifs is 3. The molecule has 0 bridgehead atoms. The third-order valence-electron chi connectivity index (χ3n) is 5.68. The van der Waals surface area contributed by atoms with Crippen molar-refractivity contribution in [2.45, 2.75) is 31.8 Å². The predicted octanol–water partition coefficient (Wildman–Crippen LogP) is 2.91. The van der Waals surface area contributed by atoms with Gasteiger partial charge in [-0.1, -0.05) is 50.2 Å². The van der Waals surface area contributed by atoms with Gasteiger partial charge in [0.05, 0.1) is 14.2 Å². The van der Waals surface area contributed by atoms with Gasteiger partial charge in [0.2, 0.25) is 5.66 Å². The first-order chi connectivity index (χ1) is 15.8. The zero-order chi connectivity index (χ0) is 23.8. The summed E-state index contributed by atoms with van der Waals surface area (Å²) < 4.78 is 11.1. The van der Waals surface area contributed by atoms with Gasteiger partial charge in [-0.25, -0.2) is 9.48 Å². The molecule has 1 aliphatic heterocycles. The molecule has 33 heavy (non-hydrogen) atoms. The third kappa shape index (κ3) is 3.75. The number of ether oxygens (including phenoxy) is 2. The van der Waals surface area contributed by atoms with Crippen molar-refractivity contribution in [3.05, 3.63) is 64.4 Å². The molecule has 0 amide bonds. The Kier molecular flexibility index (Phi) is 5.71. The Balaban J connectivity index is 1.99. The molecule has 1 atom stereocenters. The van der Waals surface area contributed by atoms with E-state index in [1.165, 1.54) is 18.9 Å². The summed E-state index contributed by atoms with van der Waals surface area (Å²) in [5.41, 5.74) is 0.430. The van der Waals surface area contributed by atoms with E-state index in [1.807, 2.05) is 12.1 Å². The summed E-state index contributed by atoms with van der Waals surface area (Å²) in [6.45, 7) is 4.15. The summed E-state index contributed by atoms with van der Waals surface area (Å²) in [5.74, 6) is -0.974. The lowest BCUT2D eigenvalue weighted by Crippen LogP contribution is -2.55. The second-order valence-corrected chi connectivity index (χ2v) is 8.05. The van der Waals surface area contributed by atoms with Gasteiger partial charge in [0.25, 0.3) is 5.56 Å². The molecule has 1 aliphatic rings. The van der Waals surface area contributed by atoms with Crippen LogP contribution in [0.5, 0.6) is 0 Å². The number of benzene rings is 2. The Morgan fingerprint density at radius 2 is 1.76 bits per heavy atom. The molecule has 170 valence electrons. The van der Waals surface area contributed by atoms with E-state index in [4.69, 9.17) is 9.47 Å². The number of aromatic nitrogens is 3. The number of esters is 2. The van der Waals surface area contributed by atoms with Gasteiger partial charge in [0.1, 0.15) is 6.42 Å². The van der Waals surface area contributed by atoms with Crippen LogP contribution in [-0.2, 0) is 24.7 Å². The van der Waals surface area contributed by atoms with Crippen LogP contribution in [0.2, 0.25) is 0 Å². The first-order valence-corrected chi connectivity index (χ1v) is 10.5. The van der Waals surface area contributed by atoms with Gasteiger partial charge in [-0.3, -0.25) is 9.59 Å². The minimum atomic E-state index is -1.79. The van der Waals surface area contributed by atoms with Gasteiger partial charge in [-0.2, -0.15) is 10.1 Å². The molecule has 0 fully saturated rings. The molecule has 0 saturated carbocycles. The van der Waals surface area contributed by atoms with Gasteiger partial charge in [-0.15, -0.1) is 0 Å². The highest BCUT2D eigenvalue weighted by Gasteiger charge is 2.50. The van der Waals surface area contributed by atoms with Gasteiger partial charge in [-0.05, 0) is 23.6 Å². The Morgan fingerprint density at radius 3 is 2.39 bits per heavy atom. The van der Waals surface area contributed by atoms with Crippen LogP contribution in [0.1, 0.15) is 31.7 Å². The zero-order valence-corrected chi connectivity index (χ0v) is 18.8. The van der Waals surface area contributed by atoms with Gasteiger partial charge < -0.3 is 14.8 Å². The second-order valence-electron chi connectivity index (χ2n) is 8.05. The van der Waals surface area contributed by atoms with Crippen molar-refractivity contribution in [2.24, 2.45) is 0 Å². The van der Waals surface area contributed by atoms with Gasteiger partial charge in [0, 0.05) is 16.8 Å². The summed E-state index contributed by atoms with van der Waals surface area (Å²) in [4.78, 5) is 42.8. The predicted molar refractivity (Wildman–Crippen MR) is 121 cm³/mol. The molecule has 4 rings (SSSR count). The molecule has 0 radical (unpaired) electrons. The van der Waals surface area contributed by atoms with Crippen molar-refractivity contribution in [1.29, 1.82) is 0 Å². The lowest BCUT2D eigenvalue weighted by atomic mass is 9.99. The highest BCUT2D eigenvalue weighted by atomic mass is 16.5. The van der Waals surface area contributed by atoms with Gasteiger partial charge in [0.15, 0.2) is 11.5 Å². The molecular weight excluding hydrogens is 424 g/mol. The number of para-hydroxylation sites is 1. The molecule has 0 aliphatic carbocycles. The fraction of sp³-hybridized carbons (Fsp3) is 0.292. The first kappa shape index (κ1) is 22.2. The molecule has 0 spiro atoms. The largest absolute Gasteiger partial charge is 0.469 e. The molecule has 1 N–H and O–H groups in total. The molecule has 0 saturated heterocycles. The number of nitrogens with zero attached hydrogens (tertiary/aromatic N) is 3. The number of carbonyl (C=O) groups is 2. The Hall–Kier alpha value is -4.01. The lowest BCUT2D eigenvalue weighted by Gasteiger charge is -2.38. The van der Waals surface area contributed by atoms with E-state index in [0.717, 1.165) is 5.56 Å². The summed E-state index contributed by atoms with van der Waals surface area (Å²) in [7, 11) is 2.44. The van der Waals surface area contributed by atoms with E-state index >= 15 is 0 Å². The Labute approximate surface area is 190 Å². The third-order valence-corrected chi connectivity index (χ3v) is 5.68. The molecule has 0 unspecified atom stereocenters. The van der Waals surface area contributed by atoms with Crippen molar-refractivity contribution in [2.75, 3.05) is 19.5 Å². The van der Waals surface area contributed by atoms with E-state index in [-0.39, 0.29) is 11.5 Å². The standard InChI is InChI=1S/C24H24N4O5/c1-14(2)15-9-11-16(12-10-15)20-22(30)25-21-17-7-5-6-8-18(17)26-24(23(31)33-4,28(21)27-20)13-19(29)32-3/h5-12,14,26H,13H2,1-4H3/t24-/m1/s1. The number of nitrogens with one attached hydrogen (secondary N) is 1. The van der Waals surface area contributed by atoms with Crippen molar-refractivity contribution < 1.29 is 19.1 Å². The highest BCUT2D eigenvalue weighted by molar-refractivity contribution is 5.92. The van der Waals surface area contributed by atoms with Crippen LogP contribution in [0.25, 0.3) is 22.6 Å². The number of rotatable bonds is 5. The maximum absolute atomic E-state index is 13.1. The lowest BCUT2D eigenvalue weighted by molar-refractivity contribution is -0.157. The van der Waals surface area contributed by atoms with Crippen LogP contribution in [0.4, 0.5) is 5.69 Å². The van der Waals surface area contributed by atoms with Crippen LogP contribution < -0.4 is 10.9 Å². The van der Waals surface area contributed by atoms with Crippen molar-refractivity contribution >= 4 is 17.6 Å². The smallest absolute Gasteiger partial charge is 0.355 e. The van der Waals surface area contributed by atoms with E-state index in [1.54, 1.807) is 36.4 Å². The van der Waals surface area contributed by atoms with E-state index < -0.39 is 29.6 Å². The van der Waals surface area contributed by atoms with Gasteiger partial charge >= 0.3 is 11.9 Å². The van der Waals surface area contributed by atoms with E-state index in [9.17, 15) is 14.4 Å². The van der Waals surface area contributed by atoms with Crippen molar-refractivity contribution in [1.82, 2.24) is 14.8 Å². The normalized spacial score (nSPS) is 16.4. The van der Waals surface area contributed by atoms with Crippen LogP contribution >= 0.6 is 0 Å². The number of anilines is 1. The number of hydrogen-bond donors (Lipinski definition) is 1. The van der Waals surface area contributed by atoms with E-state index in [0.29, 0.717) is 22.7 Å². The maximum Gasteiger partial charge on any atom is 0.355 e. The quantitative estimate of drug-likeness (QED) is 0.593. The summed E-state index contributed by atoms with van der Waals surface area (Å²) in [5, 5.41) is 7.62. The molecule has 3 aromatic rings. The average Bonchev–Trinajstić information content (AvgIpc) is 2.83. The highest BCUT2D eigenvalue weighted by Crippen LogP contribution is 2.39. The van der Waals surface area contributed by atoms with Crippen molar-refractivity contribution in [3.63, 3.8) is 0 Å². The van der Waals surface area contributed by atoms with E-state index in [2.05, 4.69) is 29.2 Å². The van der Waals surface area contributed by atoms with Crippen LogP contribution in [0, 0.1) is 0 Å². The molecule has 2 aromatic carbocycles. The van der Waals surface area contributed by atoms with Crippen LogP contribution in [0.15, 0.2) is 53.3 Å². The average molecular weight is 448 g/mol. The number of hydrogen-bond acceptors (Lipinski definition) is 8. The SMILES string of the molecule is COC(=O)C[C@@]1(C(=O)OC)Nc2ccccc2-c2nc(=O)c(-c3ccc(C(C)C)cc3)nn21. The summed E-state index contributed by atoms with van der Waals surface area (Å²) in [6, 6.07) is 14.4. The molecule has 2 heterocycles. The molecular formula is C24H24N4O5. The molecule has 1 aromatic heterocycles. The topological polar surface area (TPSA) is 112 Å². The fourth-order valence-corrected chi connectivity index (χ4v) is 3.88. The summed E-state index contributed by atoms with van der Waals surface area (Å²) in [6.07, 6.45) is -0.430. The second kappa shape index (κ2) is 8.50. The molecule has 9 heteroatoms. The van der Waals surface area contributed by atoms with Crippen LogP contribution in [0.3, 0.4) is 0 Å². The maximum atomic E-state index is 13.1. The van der Waals surface area contributed by atoms with Crippen LogP contribution in [-0.4, -0.2) is 40.9 Å². The first-order valence-electron chi connectivity index (χ1n) is 10.5. The minimum Gasteiger partial charge on any atom is -0.469 e. The minimum absolute atomic E-state index is 0.0494. The van der Waals surface area contributed by atoms with Crippen molar-refractivity contribution in [3.8, 4) is 22.6 Å². The number of methoxy groups -OCH3 is 2. The summed E-state index contributed by atoms with van der Waals surface area (Å²) >= 11 is 0. The monoisotopic (exact) mass is 448 g/mol. The number of carbonyl (C=O) groups excluding carboxylic acids is 2. The molecule has 9 nitrogen and oxygen atoms in total. The zero-order valence-electron chi connectivity index (χ0n) is 18.8. The Bertz CT molecular complexity index is 1280. The Morgan fingerprint density at radius 1 is 1.06 bits per heavy atom.